The number of nitrogens with one attached hydrogen (secondary N) is 1. The highest BCUT2D eigenvalue weighted by molar-refractivity contribution is 7.85. The summed E-state index contributed by atoms with van der Waals surface area (Å²) in [6, 6.07) is 0. The van der Waals surface area contributed by atoms with E-state index in [2.05, 4.69) is 22.9 Å². The molecule has 0 aliphatic carbocycles. The Bertz CT molecular complexity index is 207. The van der Waals surface area contributed by atoms with E-state index in [1.807, 2.05) is 18.4 Å². The summed E-state index contributed by atoms with van der Waals surface area (Å²) in [6.45, 7) is 1.93. The van der Waals surface area contributed by atoms with Crippen LogP contribution in [-0.2, 0) is 0 Å². The second-order valence-electron chi connectivity index (χ2n) is 2.65. The molecule has 0 saturated heterocycles. The van der Waals surface area contributed by atoms with Crippen LogP contribution in [0.3, 0.4) is 0 Å². The Balaban J connectivity index is 2.51. The molecule has 0 aromatic carbocycles. The molecule has 0 aromatic rings. The van der Waals surface area contributed by atoms with Gasteiger partial charge >= 0.3 is 0 Å². The van der Waals surface area contributed by atoms with Gasteiger partial charge in [0.05, 0.1) is 0 Å². The molecule has 0 atom stereocenters. The lowest BCUT2D eigenvalue weighted by Gasteiger charge is -1.97. The zero-order valence-electron chi connectivity index (χ0n) is 7.03. The van der Waals surface area contributed by atoms with Crippen molar-refractivity contribution in [2.45, 2.75) is 12.8 Å². The van der Waals surface area contributed by atoms with E-state index in [4.69, 9.17) is 0 Å². The van der Waals surface area contributed by atoms with Crippen LogP contribution in [0.4, 0.5) is 0 Å². The zero-order chi connectivity index (χ0) is 8.65. The van der Waals surface area contributed by atoms with E-state index >= 15 is 0 Å². The highest BCUT2D eigenvalue weighted by atomic mass is 32.1. The molecular weight excluding hydrogens is 168 g/mol. The van der Waals surface area contributed by atoms with Gasteiger partial charge in [-0.25, -0.2) is 0 Å². The summed E-state index contributed by atoms with van der Waals surface area (Å²) in [6.07, 6.45) is 9.92. The van der Waals surface area contributed by atoms with Crippen molar-refractivity contribution in [3.05, 3.63) is 23.3 Å². The Morgan fingerprint density at radius 3 is 3.25 bits per heavy atom. The van der Waals surface area contributed by atoms with Gasteiger partial charge in [0, 0.05) is 24.2 Å². The Morgan fingerprint density at radius 2 is 2.33 bits per heavy atom. The maximum atomic E-state index is 4.23. The molecule has 1 rings (SSSR count). The minimum Gasteiger partial charge on any atom is -0.391 e. The van der Waals surface area contributed by atoms with Crippen LogP contribution in [0.15, 0.2) is 28.2 Å². The Morgan fingerprint density at radius 1 is 1.42 bits per heavy atom. The molecule has 3 heteroatoms. The maximum Gasteiger partial charge on any atom is 0.0390 e. The number of thiol groups is 1. The van der Waals surface area contributed by atoms with Crippen molar-refractivity contribution in [3.63, 3.8) is 0 Å². The second kappa shape index (κ2) is 5.89. The average Bonchev–Trinajstić information content (AvgIpc) is 2.11. The zero-order valence-corrected chi connectivity index (χ0v) is 7.93. The molecule has 0 fully saturated rings. The van der Waals surface area contributed by atoms with E-state index in [1.165, 1.54) is 6.42 Å². The van der Waals surface area contributed by atoms with Gasteiger partial charge < -0.3 is 5.32 Å². The van der Waals surface area contributed by atoms with Gasteiger partial charge in [-0.15, -0.1) is 12.6 Å². The summed E-state index contributed by atoms with van der Waals surface area (Å²) in [5, 5.41) is 3.19. The van der Waals surface area contributed by atoms with Crippen LogP contribution in [0.25, 0.3) is 0 Å². The summed E-state index contributed by atoms with van der Waals surface area (Å²) in [5.74, 6) is 0. The van der Waals surface area contributed by atoms with E-state index in [0.717, 1.165) is 24.4 Å². The maximum absolute atomic E-state index is 4.23. The first-order valence-corrected chi connectivity index (χ1v) is 4.63. The fourth-order valence-corrected chi connectivity index (χ4v) is 1.10. The fraction of sp³-hybridized carbons (Fsp3) is 0.444. The number of nitrogens with zero attached hydrogens (tertiary/aromatic N) is 1. The summed E-state index contributed by atoms with van der Waals surface area (Å²) < 4.78 is 0. The predicted octanol–water partition coefficient (Wildman–Crippen LogP) is 1.77. The Hall–Kier alpha value is -0.700. The van der Waals surface area contributed by atoms with Gasteiger partial charge in [0.1, 0.15) is 0 Å². The lowest BCUT2D eigenvalue weighted by molar-refractivity contribution is 0.705. The summed E-state index contributed by atoms with van der Waals surface area (Å²) in [5.41, 5.74) is 0. The number of allylic oxidation sites excluding steroid dienone is 3. The number of aliphatic imine (C=N–C) groups is 1. The van der Waals surface area contributed by atoms with E-state index < -0.39 is 0 Å². The number of hydrogen-bond acceptors (Lipinski definition) is 3. The molecule has 2 nitrogen and oxygen atoms in total. The van der Waals surface area contributed by atoms with Gasteiger partial charge in [-0.3, -0.25) is 4.99 Å². The summed E-state index contributed by atoms with van der Waals surface area (Å²) >= 11 is 4.23. The molecule has 0 spiro atoms. The van der Waals surface area contributed by atoms with Crippen molar-refractivity contribution in [1.82, 2.24) is 5.32 Å². The molecule has 66 valence electrons. The van der Waals surface area contributed by atoms with Crippen molar-refractivity contribution < 1.29 is 0 Å². The van der Waals surface area contributed by atoms with Crippen LogP contribution in [0.5, 0.6) is 0 Å². The fourth-order valence-electron chi connectivity index (χ4n) is 0.929. The molecule has 0 radical (unpaired) electrons. The van der Waals surface area contributed by atoms with E-state index in [-0.39, 0.29) is 0 Å². The van der Waals surface area contributed by atoms with Gasteiger partial charge in [-0.05, 0) is 31.2 Å². The number of rotatable bonds is 0. The van der Waals surface area contributed by atoms with Gasteiger partial charge in [0.25, 0.3) is 0 Å². The molecule has 0 aromatic heterocycles. The molecule has 1 aliphatic rings. The molecule has 0 saturated carbocycles. The first kappa shape index (κ1) is 9.39. The molecule has 12 heavy (non-hydrogen) atoms. The van der Waals surface area contributed by atoms with E-state index in [0.29, 0.717) is 0 Å². The quantitative estimate of drug-likeness (QED) is 0.548. The first-order valence-electron chi connectivity index (χ1n) is 4.18. The number of hydrogen-bond donors (Lipinski definition) is 2. The highest BCUT2D eigenvalue weighted by Gasteiger charge is 1.87. The SMILES string of the molecule is SC1=C/C=C/NCCCCN=C1. The van der Waals surface area contributed by atoms with Crippen LogP contribution in [-0.4, -0.2) is 19.3 Å². The van der Waals surface area contributed by atoms with Crippen molar-refractivity contribution in [2.75, 3.05) is 13.1 Å². The van der Waals surface area contributed by atoms with Gasteiger partial charge in [-0.1, -0.05) is 0 Å². The average molecular weight is 182 g/mol. The molecule has 0 unspecified atom stereocenters. The monoisotopic (exact) mass is 182 g/mol. The third kappa shape index (κ3) is 4.23. The first-order chi connectivity index (χ1) is 5.89. The van der Waals surface area contributed by atoms with Crippen LogP contribution in [0, 0.1) is 0 Å². The lowest BCUT2D eigenvalue weighted by Crippen LogP contribution is -2.06. The van der Waals surface area contributed by atoms with Crippen LogP contribution in [0.2, 0.25) is 0 Å². The van der Waals surface area contributed by atoms with Crippen molar-refractivity contribution in [1.29, 1.82) is 0 Å². The topological polar surface area (TPSA) is 24.4 Å². The standard InChI is InChI=1S/C9H14N2S/c12-9-4-3-7-10-5-1-2-6-11-8-9/h3-4,7-8,10,12H,1-2,5-6H2/b7-3+,9-4?,11-8?. The largest absolute Gasteiger partial charge is 0.391 e. The molecule has 1 N–H and O–H groups in total. The van der Waals surface area contributed by atoms with Crippen molar-refractivity contribution >= 4 is 18.8 Å². The Kier molecular flexibility index (Phi) is 4.61. The summed E-state index contributed by atoms with van der Waals surface area (Å²) in [7, 11) is 0. The predicted molar refractivity (Wildman–Crippen MR) is 56.8 cm³/mol. The smallest absolute Gasteiger partial charge is 0.0390 e. The van der Waals surface area contributed by atoms with Gasteiger partial charge in [0.2, 0.25) is 0 Å². The minimum atomic E-state index is 0.898. The molecular formula is C9H14N2S. The lowest BCUT2D eigenvalue weighted by atomic mass is 10.3. The normalized spacial score (nSPS) is 21.9. The van der Waals surface area contributed by atoms with E-state index in [1.54, 1.807) is 6.21 Å². The third-order valence-electron chi connectivity index (χ3n) is 1.56. The molecule has 1 heterocycles. The van der Waals surface area contributed by atoms with E-state index in [9.17, 15) is 0 Å². The summed E-state index contributed by atoms with van der Waals surface area (Å²) in [4.78, 5) is 5.12. The molecule has 0 amide bonds. The van der Waals surface area contributed by atoms with Crippen LogP contribution in [0.1, 0.15) is 12.8 Å². The highest BCUT2D eigenvalue weighted by Crippen LogP contribution is 1.98. The Labute approximate surface area is 78.9 Å². The molecule has 1 aliphatic heterocycles. The minimum absolute atomic E-state index is 0.898. The van der Waals surface area contributed by atoms with Gasteiger partial charge in [-0.2, -0.15) is 0 Å². The van der Waals surface area contributed by atoms with Crippen molar-refractivity contribution in [3.8, 4) is 0 Å². The van der Waals surface area contributed by atoms with Crippen LogP contribution < -0.4 is 5.32 Å². The van der Waals surface area contributed by atoms with Gasteiger partial charge in [0.15, 0.2) is 0 Å². The third-order valence-corrected chi connectivity index (χ3v) is 1.83. The molecule has 0 bridgehead atoms. The van der Waals surface area contributed by atoms with Crippen LogP contribution >= 0.6 is 12.6 Å². The van der Waals surface area contributed by atoms with Crippen molar-refractivity contribution in [2.24, 2.45) is 4.99 Å². The second-order valence-corrected chi connectivity index (χ2v) is 3.16.